The number of carbonyl (C=O) groups is 2. The second kappa shape index (κ2) is 3.96. The minimum atomic E-state index is -1.01. The van der Waals surface area contributed by atoms with Gasteiger partial charge in [-0.25, -0.2) is 0 Å². The van der Waals surface area contributed by atoms with E-state index in [-0.39, 0.29) is 5.91 Å². The standard InChI is InChI=1S/C9H16N2O3/c1-6(7(12)13)11-8(14)9(2)3-4-10-5-9/h6,10H,3-5H2,1-2H3,(H,11,14)(H,12,13)/t6-,9?/m1/s1. The molecule has 1 amide bonds. The summed E-state index contributed by atoms with van der Waals surface area (Å²) in [6, 6.07) is -0.820. The topological polar surface area (TPSA) is 78.4 Å². The van der Waals surface area contributed by atoms with Crippen molar-refractivity contribution in [3.8, 4) is 0 Å². The highest BCUT2D eigenvalue weighted by Gasteiger charge is 2.37. The summed E-state index contributed by atoms with van der Waals surface area (Å²) in [6.45, 7) is 4.74. The number of carboxylic acids is 1. The molecule has 80 valence electrons. The molecular formula is C9H16N2O3. The van der Waals surface area contributed by atoms with Crippen molar-refractivity contribution in [2.45, 2.75) is 26.3 Å². The molecule has 1 fully saturated rings. The van der Waals surface area contributed by atoms with E-state index < -0.39 is 17.4 Å². The van der Waals surface area contributed by atoms with E-state index in [1.807, 2.05) is 6.92 Å². The number of carbonyl (C=O) groups excluding carboxylic acids is 1. The summed E-state index contributed by atoms with van der Waals surface area (Å²) in [6.07, 6.45) is 0.755. The number of aliphatic carboxylic acids is 1. The van der Waals surface area contributed by atoms with Crippen molar-refractivity contribution in [3.63, 3.8) is 0 Å². The van der Waals surface area contributed by atoms with Gasteiger partial charge in [-0.3, -0.25) is 9.59 Å². The molecule has 0 spiro atoms. The van der Waals surface area contributed by atoms with E-state index in [9.17, 15) is 9.59 Å². The van der Waals surface area contributed by atoms with Crippen LogP contribution in [0.1, 0.15) is 20.3 Å². The molecule has 1 rings (SSSR count). The van der Waals surface area contributed by atoms with Crippen molar-refractivity contribution < 1.29 is 14.7 Å². The van der Waals surface area contributed by atoms with Gasteiger partial charge in [0.25, 0.3) is 0 Å². The van der Waals surface area contributed by atoms with Crippen LogP contribution >= 0.6 is 0 Å². The lowest BCUT2D eigenvalue weighted by atomic mass is 9.88. The lowest BCUT2D eigenvalue weighted by Crippen LogP contribution is -2.47. The number of hydrogen-bond acceptors (Lipinski definition) is 3. The molecule has 0 aromatic heterocycles. The van der Waals surface area contributed by atoms with Crippen LogP contribution in [0.25, 0.3) is 0 Å². The van der Waals surface area contributed by atoms with Crippen molar-refractivity contribution >= 4 is 11.9 Å². The van der Waals surface area contributed by atoms with Crippen LogP contribution in [-0.2, 0) is 9.59 Å². The Morgan fingerprint density at radius 1 is 1.57 bits per heavy atom. The Morgan fingerprint density at radius 3 is 2.64 bits per heavy atom. The molecule has 0 aliphatic carbocycles. The molecular weight excluding hydrogens is 184 g/mol. The molecule has 0 aromatic carbocycles. The van der Waals surface area contributed by atoms with Gasteiger partial charge in [-0.1, -0.05) is 0 Å². The fourth-order valence-electron chi connectivity index (χ4n) is 1.44. The average Bonchev–Trinajstić information content (AvgIpc) is 2.53. The van der Waals surface area contributed by atoms with Crippen LogP contribution in [0.15, 0.2) is 0 Å². The van der Waals surface area contributed by atoms with E-state index in [1.54, 1.807) is 0 Å². The minimum Gasteiger partial charge on any atom is -0.480 e. The van der Waals surface area contributed by atoms with Crippen molar-refractivity contribution in [3.05, 3.63) is 0 Å². The third kappa shape index (κ3) is 2.23. The van der Waals surface area contributed by atoms with Crippen LogP contribution < -0.4 is 10.6 Å². The smallest absolute Gasteiger partial charge is 0.325 e. The van der Waals surface area contributed by atoms with E-state index in [0.717, 1.165) is 13.0 Å². The summed E-state index contributed by atoms with van der Waals surface area (Å²) in [5.74, 6) is -1.19. The number of rotatable bonds is 3. The van der Waals surface area contributed by atoms with Crippen molar-refractivity contribution in [1.82, 2.24) is 10.6 Å². The van der Waals surface area contributed by atoms with E-state index in [2.05, 4.69) is 10.6 Å². The van der Waals surface area contributed by atoms with Gasteiger partial charge in [0.2, 0.25) is 5.91 Å². The Hall–Kier alpha value is -1.10. The van der Waals surface area contributed by atoms with E-state index in [4.69, 9.17) is 5.11 Å². The average molecular weight is 200 g/mol. The van der Waals surface area contributed by atoms with E-state index in [1.165, 1.54) is 6.92 Å². The number of nitrogens with one attached hydrogen (secondary N) is 2. The van der Waals surface area contributed by atoms with Gasteiger partial charge in [-0.2, -0.15) is 0 Å². The van der Waals surface area contributed by atoms with Gasteiger partial charge in [0, 0.05) is 6.54 Å². The molecule has 1 aliphatic heterocycles. The van der Waals surface area contributed by atoms with E-state index in [0.29, 0.717) is 6.54 Å². The second-order valence-corrected chi connectivity index (χ2v) is 4.02. The summed E-state index contributed by atoms with van der Waals surface area (Å²) in [5, 5.41) is 14.2. The fraction of sp³-hybridized carbons (Fsp3) is 0.778. The highest BCUT2D eigenvalue weighted by molar-refractivity contribution is 5.87. The Bertz CT molecular complexity index is 246. The third-order valence-corrected chi connectivity index (χ3v) is 2.63. The predicted molar refractivity (Wildman–Crippen MR) is 50.8 cm³/mol. The molecule has 1 unspecified atom stereocenters. The molecule has 0 radical (unpaired) electrons. The van der Waals surface area contributed by atoms with Gasteiger partial charge in [0.15, 0.2) is 0 Å². The first-order valence-corrected chi connectivity index (χ1v) is 4.70. The molecule has 0 bridgehead atoms. The predicted octanol–water partition coefficient (Wildman–Crippen LogP) is -0.425. The van der Waals surface area contributed by atoms with Crippen LogP contribution in [0.2, 0.25) is 0 Å². The van der Waals surface area contributed by atoms with Crippen LogP contribution in [0.5, 0.6) is 0 Å². The molecule has 0 saturated carbocycles. The quantitative estimate of drug-likeness (QED) is 0.578. The molecule has 0 aromatic rings. The first kappa shape index (κ1) is 11.0. The van der Waals surface area contributed by atoms with Crippen LogP contribution in [0.3, 0.4) is 0 Å². The third-order valence-electron chi connectivity index (χ3n) is 2.63. The van der Waals surface area contributed by atoms with Crippen molar-refractivity contribution in [2.24, 2.45) is 5.41 Å². The molecule has 3 N–H and O–H groups in total. The fourth-order valence-corrected chi connectivity index (χ4v) is 1.44. The van der Waals surface area contributed by atoms with Gasteiger partial charge in [-0.15, -0.1) is 0 Å². The van der Waals surface area contributed by atoms with Gasteiger partial charge < -0.3 is 15.7 Å². The molecule has 1 heterocycles. The highest BCUT2D eigenvalue weighted by atomic mass is 16.4. The molecule has 2 atom stereocenters. The number of carboxylic acid groups (broad SMARTS) is 1. The summed E-state index contributed by atoms with van der Waals surface area (Å²) >= 11 is 0. The Balaban J connectivity index is 2.53. The lowest BCUT2D eigenvalue weighted by Gasteiger charge is -2.22. The maximum atomic E-state index is 11.7. The zero-order chi connectivity index (χ0) is 10.8. The van der Waals surface area contributed by atoms with Gasteiger partial charge >= 0.3 is 5.97 Å². The lowest BCUT2D eigenvalue weighted by molar-refractivity contribution is -0.142. The SMILES string of the molecule is C[C@@H](NC(=O)C1(C)CCNC1)C(=O)O. The largest absolute Gasteiger partial charge is 0.480 e. The van der Waals surface area contributed by atoms with Crippen molar-refractivity contribution in [1.29, 1.82) is 0 Å². The summed E-state index contributed by atoms with van der Waals surface area (Å²) in [5.41, 5.74) is -0.455. The monoisotopic (exact) mass is 200 g/mol. The van der Waals surface area contributed by atoms with Gasteiger partial charge in [0.05, 0.1) is 5.41 Å². The van der Waals surface area contributed by atoms with Crippen molar-refractivity contribution in [2.75, 3.05) is 13.1 Å². The summed E-state index contributed by atoms with van der Waals surface area (Å²) in [4.78, 5) is 22.2. The van der Waals surface area contributed by atoms with Crippen LogP contribution in [0, 0.1) is 5.41 Å². The Labute approximate surface area is 82.9 Å². The normalized spacial score (nSPS) is 28.4. The van der Waals surface area contributed by atoms with Crippen LogP contribution in [0.4, 0.5) is 0 Å². The van der Waals surface area contributed by atoms with Gasteiger partial charge in [-0.05, 0) is 26.8 Å². The first-order chi connectivity index (χ1) is 6.46. The molecule has 1 saturated heterocycles. The number of hydrogen-bond donors (Lipinski definition) is 3. The molecule has 5 heteroatoms. The molecule has 1 aliphatic rings. The van der Waals surface area contributed by atoms with E-state index >= 15 is 0 Å². The Kier molecular flexibility index (Phi) is 3.10. The molecule has 5 nitrogen and oxygen atoms in total. The molecule has 14 heavy (non-hydrogen) atoms. The maximum absolute atomic E-state index is 11.7. The van der Waals surface area contributed by atoms with Crippen LogP contribution in [-0.4, -0.2) is 36.1 Å². The Morgan fingerprint density at radius 2 is 2.21 bits per heavy atom. The van der Waals surface area contributed by atoms with Gasteiger partial charge in [0.1, 0.15) is 6.04 Å². The summed E-state index contributed by atoms with van der Waals surface area (Å²) in [7, 11) is 0. The zero-order valence-electron chi connectivity index (χ0n) is 8.46. The zero-order valence-corrected chi connectivity index (χ0v) is 8.46. The second-order valence-electron chi connectivity index (χ2n) is 4.02. The minimum absolute atomic E-state index is 0.183. The number of amides is 1. The maximum Gasteiger partial charge on any atom is 0.325 e. The highest BCUT2D eigenvalue weighted by Crippen LogP contribution is 2.24. The first-order valence-electron chi connectivity index (χ1n) is 4.70. The summed E-state index contributed by atoms with van der Waals surface area (Å²) < 4.78 is 0.